The van der Waals surface area contributed by atoms with Gasteiger partial charge in [-0.05, 0) is 35.4 Å². The molecule has 0 amide bonds. The zero-order valence-corrected chi connectivity index (χ0v) is 10.7. The highest BCUT2D eigenvalue weighted by Crippen LogP contribution is 2.34. The molecule has 0 saturated heterocycles. The molecule has 0 fully saturated rings. The van der Waals surface area contributed by atoms with Gasteiger partial charge in [0.25, 0.3) is 0 Å². The van der Waals surface area contributed by atoms with E-state index in [2.05, 4.69) is 13.8 Å². The van der Waals surface area contributed by atoms with Crippen LogP contribution in [0.3, 0.4) is 0 Å². The van der Waals surface area contributed by atoms with Crippen LogP contribution in [0.5, 0.6) is 0 Å². The Morgan fingerprint density at radius 3 is 2.47 bits per heavy atom. The van der Waals surface area contributed by atoms with Crippen LogP contribution in [-0.4, -0.2) is 0 Å². The smallest absolute Gasteiger partial charge is 0.160 e. The second-order valence-electron chi connectivity index (χ2n) is 4.57. The normalized spacial score (nSPS) is 11.6. The van der Waals surface area contributed by atoms with Crippen molar-refractivity contribution in [3.63, 3.8) is 0 Å². The highest BCUT2D eigenvalue weighted by atomic mass is 32.1. The molecule has 1 nitrogen and oxygen atoms in total. The van der Waals surface area contributed by atoms with Crippen LogP contribution in [0, 0.1) is 17.6 Å². The van der Waals surface area contributed by atoms with E-state index in [1.165, 1.54) is 23.5 Å². The number of benzene rings is 1. The SMILES string of the molecule is CC(C)Cc1c(CN)sc2cc(F)c(F)cc12. The molecule has 1 aromatic carbocycles. The van der Waals surface area contributed by atoms with E-state index in [-0.39, 0.29) is 0 Å². The summed E-state index contributed by atoms with van der Waals surface area (Å²) in [5, 5.41) is 0.808. The van der Waals surface area contributed by atoms with E-state index >= 15 is 0 Å². The van der Waals surface area contributed by atoms with Crippen LogP contribution < -0.4 is 5.73 Å². The van der Waals surface area contributed by atoms with Crippen molar-refractivity contribution >= 4 is 21.4 Å². The van der Waals surface area contributed by atoms with Crippen molar-refractivity contribution in [3.8, 4) is 0 Å². The molecule has 0 saturated carbocycles. The number of thiophene rings is 1. The first-order valence-electron chi connectivity index (χ1n) is 5.62. The van der Waals surface area contributed by atoms with Crippen molar-refractivity contribution in [2.75, 3.05) is 0 Å². The maximum absolute atomic E-state index is 13.3. The Morgan fingerprint density at radius 2 is 1.88 bits per heavy atom. The van der Waals surface area contributed by atoms with Crippen LogP contribution in [-0.2, 0) is 13.0 Å². The van der Waals surface area contributed by atoms with E-state index in [1.54, 1.807) is 0 Å². The number of hydrogen-bond acceptors (Lipinski definition) is 2. The molecular formula is C13H15F2NS. The zero-order valence-electron chi connectivity index (χ0n) is 9.89. The topological polar surface area (TPSA) is 26.0 Å². The molecule has 92 valence electrons. The summed E-state index contributed by atoms with van der Waals surface area (Å²) in [7, 11) is 0. The zero-order chi connectivity index (χ0) is 12.6. The lowest BCUT2D eigenvalue weighted by Crippen LogP contribution is -2.01. The van der Waals surface area contributed by atoms with E-state index in [0.717, 1.165) is 26.9 Å². The van der Waals surface area contributed by atoms with Gasteiger partial charge in [0, 0.05) is 16.1 Å². The first kappa shape index (κ1) is 12.5. The fourth-order valence-electron chi connectivity index (χ4n) is 1.99. The van der Waals surface area contributed by atoms with Gasteiger partial charge in [-0.25, -0.2) is 8.78 Å². The molecule has 0 spiro atoms. The van der Waals surface area contributed by atoms with Gasteiger partial charge in [0.1, 0.15) is 0 Å². The summed E-state index contributed by atoms with van der Waals surface area (Å²) in [6.45, 7) is 4.62. The lowest BCUT2D eigenvalue weighted by atomic mass is 10.00. The minimum absolute atomic E-state index is 0.421. The van der Waals surface area contributed by atoms with Gasteiger partial charge in [0.2, 0.25) is 0 Å². The minimum Gasteiger partial charge on any atom is -0.326 e. The molecule has 0 atom stereocenters. The third-order valence-electron chi connectivity index (χ3n) is 2.72. The second kappa shape index (κ2) is 4.70. The fourth-order valence-corrected chi connectivity index (χ4v) is 3.11. The quantitative estimate of drug-likeness (QED) is 0.886. The maximum Gasteiger partial charge on any atom is 0.160 e. The number of fused-ring (bicyclic) bond motifs is 1. The summed E-state index contributed by atoms with van der Waals surface area (Å²) in [5.41, 5.74) is 6.76. The third-order valence-corrected chi connectivity index (χ3v) is 3.93. The Hall–Kier alpha value is -1.00. The standard InChI is InChI=1S/C13H15F2NS/c1-7(2)3-8-9-4-10(14)11(15)5-12(9)17-13(8)6-16/h4-5,7H,3,6,16H2,1-2H3. The van der Waals surface area contributed by atoms with E-state index in [9.17, 15) is 8.78 Å². The first-order valence-corrected chi connectivity index (χ1v) is 6.44. The summed E-state index contributed by atoms with van der Waals surface area (Å²) in [5.74, 6) is -1.12. The highest BCUT2D eigenvalue weighted by Gasteiger charge is 2.15. The number of hydrogen-bond donors (Lipinski definition) is 1. The molecule has 0 aliphatic rings. The van der Waals surface area contributed by atoms with Gasteiger partial charge in [-0.2, -0.15) is 0 Å². The molecule has 0 aliphatic carbocycles. The maximum atomic E-state index is 13.3. The lowest BCUT2D eigenvalue weighted by molar-refractivity contribution is 0.511. The molecular weight excluding hydrogens is 240 g/mol. The Kier molecular flexibility index (Phi) is 3.45. The van der Waals surface area contributed by atoms with Crippen molar-refractivity contribution in [1.29, 1.82) is 0 Å². The van der Waals surface area contributed by atoms with Crippen LogP contribution in [0.1, 0.15) is 24.3 Å². The minimum atomic E-state index is -0.793. The monoisotopic (exact) mass is 255 g/mol. The van der Waals surface area contributed by atoms with E-state index < -0.39 is 11.6 Å². The predicted molar refractivity (Wildman–Crippen MR) is 68.2 cm³/mol. The van der Waals surface area contributed by atoms with Gasteiger partial charge in [0.15, 0.2) is 11.6 Å². The van der Waals surface area contributed by atoms with E-state index in [4.69, 9.17) is 5.73 Å². The van der Waals surface area contributed by atoms with Crippen molar-refractivity contribution in [2.45, 2.75) is 26.8 Å². The molecule has 17 heavy (non-hydrogen) atoms. The number of rotatable bonds is 3. The molecule has 1 heterocycles. The fraction of sp³-hybridized carbons (Fsp3) is 0.385. The molecule has 2 aromatic rings. The lowest BCUT2D eigenvalue weighted by Gasteiger charge is -2.06. The average molecular weight is 255 g/mol. The first-order chi connectivity index (χ1) is 8.02. The molecule has 0 radical (unpaired) electrons. The summed E-state index contributed by atoms with van der Waals surface area (Å²) < 4.78 is 27.2. The van der Waals surface area contributed by atoms with Crippen LogP contribution in [0.25, 0.3) is 10.1 Å². The summed E-state index contributed by atoms with van der Waals surface area (Å²) >= 11 is 1.46. The van der Waals surface area contributed by atoms with Gasteiger partial charge >= 0.3 is 0 Å². The Labute approximate surface area is 103 Å². The van der Waals surface area contributed by atoms with Crippen molar-refractivity contribution in [3.05, 3.63) is 34.2 Å². The third kappa shape index (κ3) is 2.33. The molecule has 0 aliphatic heterocycles. The summed E-state index contributed by atoms with van der Waals surface area (Å²) in [4.78, 5) is 1.03. The molecule has 0 unspecified atom stereocenters. The van der Waals surface area contributed by atoms with E-state index in [0.29, 0.717) is 12.5 Å². The van der Waals surface area contributed by atoms with Crippen molar-refractivity contribution in [1.82, 2.24) is 0 Å². The van der Waals surface area contributed by atoms with Gasteiger partial charge in [0.05, 0.1) is 0 Å². The van der Waals surface area contributed by atoms with Gasteiger partial charge < -0.3 is 5.73 Å². The van der Waals surface area contributed by atoms with Crippen molar-refractivity contribution < 1.29 is 8.78 Å². The van der Waals surface area contributed by atoms with Crippen molar-refractivity contribution in [2.24, 2.45) is 11.7 Å². The predicted octanol–water partition coefficient (Wildman–Crippen LogP) is 3.84. The van der Waals surface area contributed by atoms with Gasteiger partial charge in [-0.15, -0.1) is 11.3 Å². The molecule has 0 bridgehead atoms. The Bertz CT molecular complexity index is 546. The second-order valence-corrected chi connectivity index (χ2v) is 5.71. The van der Waals surface area contributed by atoms with Gasteiger partial charge in [-0.1, -0.05) is 13.8 Å². The number of halogens is 2. The Balaban J connectivity index is 2.65. The largest absolute Gasteiger partial charge is 0.326 e. The van der Waals surface area contributed by atoms with E-state index in [1.807, 2.05) is 0 Å². The Morgan fingerprint density at radius 1 is 1.24 bits per heavy atom. The average Bonchev–Trinajstić information content (AvgIpc) is 2.57. The van der Waals surface area contributed by atoms with Crippen LogP contribution >= 0.6 is 11.3 Å². The highest BCUT2D eigenvalue weighted by molar-refractivity contribution is 7.19. The molecule has 2 N–H and O–H groups in total. The van der Waals surface area contributed by atoms with Crippen LogP contribution in [0.2, 0.25) is 0 Å². The summed E-state index contributed by atoms with van der Waals surface area (Å²) in [6.07, 6.45) is 0.845. The van der Waals surface area contributed by atoms with Crippen LogP contribution in [0.4, 0.5) is 8.78 Å². The molecule has 4 heteroatoms. The summed E-state index contributed by atoms with van der Waals surface area (Å²) in [6, 6.07) is 2.55. The van der Waals surface area contributed by atoms with Gasteiger partial charge in [-0.3, -0.25) is 0 Å². The molecule has 1 aromatic heterocycles. The number of nitrogens with two attached hydrogens (primary N) is 1. The van der Waals surface area contributed by atoms with Crippen LogP contribution in [0.15, 0.2) is 12.1 Å². The molecule has 2 rings (SSSR count).